The summed E-state index contributed by atoms with van der Waals surface area (Å²) in [5.41, 5.74) is 0.483. The zero-order valence-corrected chi connectivity index (χ0v) is 17.5. The van der Waals surface area contributed by atoms with Crippen molar-refractivity contribution >= 4 is 21.8 Å². The van der Waals surface area contributed by atoms with Crippen molar-refractivity contribution < 1.29 is 22.7 Å². The highest BCUT2D eigenvalue weighted by Gasteiger charge is 2.35. The normalized spacial score (nSPS) is 20.4. The topological polar surface area (TPSA) is 92.8 Å². The predicted molar refractivity (Wildman–Crippen MR) is 103 cm³/mol. The van der Waals surface area contributed by atoms with Gasteiger partial charge in [-0.15, -0.1) is 0 Å². The SMILES string of the molecule is Cc1ccc(S(C)(=O)=O)cc1C(=O)N1C[C@H](NC(=O)OC(C)(C)C)[C@@H](C)C1. The molecule has 27 heavy (non-hydrogen) atoms. The van der Waals surface area contributed by atoms with Gasteiger partial charge in [0.25, 0.3) is 5.91 Å². The summed E-state index contributed by atoms with van der Waals surface area (Å²) in [6, 6.07) is 4.34. The van der Waals surface area contributed by atoms with E-state index >= 15 is 0 Å². The molecule has 2 atom stereocenters. The summed E-state index contributed by atoms with van der Waals surface area (Å²) in [4.78, 5) is 26.7. The first-order valence-corrected chi connectivity index (χ1v) is 10.8. The number of hydrogen-bond acceptors (Lipinski definition) is 5. The Balaban J connectivity index is 2.14. The molecule has 8 heteroatoms. The van der Waals surface area contributed by atoms with Gasteiger partial charge >= 0.3 is 6.09 Å². The fourth-order valence-electron chi connectivity index (χ4n) is 3.01. The van der Waals surface area contributed by atoms with Crippen LogP contribution in [-0.4, -0.2) is 56.3 Å². The number of benzene rings is 1. The number of carbonyl (C=O) groups excluding carboxylic acids is 2. The predicted octanol–water partition coefficient (Wildman–Crippen LogP) is 2.38. The Morgan fingerprint density at radius 3 is 2.41 bits per heavy atom. The molecule has 2 rings (SSSR count). The lowest BCUT2D eigenvalue weighted by Gasteiger charge is -2.23. The van der Waals surface area contributed by atoms with Gasteiger partial charge in [0.1, 0.15) is 5.60 Å². The minimum atomic E-state index is -3.40. The Morgan fingerprint density at radius 2 is 1.85 bits per heavy atom. The first-order chi connectivity index (χ1) is 12.3. The van der Waals surface area contributed by atoms with Crippen LogP contribution in [0.15, 0.2) is 23.1 Å². The van der Waals surface area contributed by atoms with Crippen LogP contribution in [0, 0.1) is 12.8 Å². The van der Waals surface area contributed by atoms with Gasteiger partial charge in [-0.1, -0.05) is 13.0 Å². The third kappa shape index (κ3) is 5.45. The van der Waals surface area contributed by atoms with Crippen molar-refractivity contribution in [3.8, 4) is 0 Å². The first-order valence-electron chi connectivity index (χ1n) is 8.87. The summed E-state index contributed by atoms with van der Waals surface area (Å²) in [5.74, 6) is -0.182. The van der Waals surface area contributed by atoms with E-state index in [4.69, 9.17) is 4.74 Å². The molecule has 0 aromatic heterocycles. The van der Waals surface area contributed by atoms with Crippen LogP contribution in [0.1, 0.15) is 43.6 Å². The summed E-state index contributed by atoms with van der Waals surface area (Å²) in [5, 5.41) is 2.82. The van der Waals surface area contributed by atoms with Gasteiger partial charge in [-0.25, -0.2) is 13.2 Å². The molecule has 1 aliphatic heterocycles. The lowest BCUT2D eigenvalue weighted by molar-refractivity contribution is 0.0494. The van der Waals surface area contributed by atoms with Gasteiger partial charge < -0.3 is 15.0 Å². The fourth-order valence-corrected chi connectivity index (χ4v) is 3.66. The summed E-state index contributed by atoms with van der Waals surface area (Å²) in [7, 11) is -3.40. The van der Waals surface area contributed by atoms with Crippen LogP contribution in [0.25, 0.3) is 0 Å². The molecule has 0 spiro atoms. The van der Waals surface area contributed by atoms with Crippen molar-refractivity contribution in [2.45, 2.75) is 51.2 Å². The van der Waals surface area contributed by atoms with E-state index in [1.165, 1.54) is 12.1 Å². The summed E-state index contributed by atoms with van der Waals surface area (Å²) < 4.78 is 28.9. The average molecular weight is 397 g/mol. The van der Waals surface area contributed by atoms with Gasteiger partial charge in [0, 0.05) is 24.9 Å². The van der Waals surface area contributed by atoms with Crippen molar-refractivity contribution in [2.75, 3.05) is 19.3 Å². The van der Waals surface area contributed by atoms with E-state index < -0.39 is 21.5 Å². The van der Waals surface area contributed by atoms with E-state index in [-0.39, 0.29) is 22.8 Å². The van der Waals surface area contributed by atoms with E-state index in [1.807, 2.05) is 6.92 Å². The van der Waals surface area contributed by atoms with Gasteiger partial charge in [-0.2, -0.15) is 0 Å². The summed E-state index contributed by atoms with van der Waals surface area (Å²) in [6.07, 6.45) is 0.605. The number of rotatable bonds is 3. The number of alkyl carbamates (subject to hydrolysis) is 1. The molecular weight excluding hydrogens is 368 g/mol. The quantitative estimate of drug-likeness (QED) is 0.847. The second-order valence-electron chi connectivity index (χ2n) is 8.19. The number of amides is 2. The Hall–Kier alpha value is -2.09. The minimum absolute atomic E-state index is 0.0554. The molecule has 0 radical (unpaired) electrons. The Bertz CT molecular complexity index is 842. The molecular formula is C19H28N2O5S. The Morgan fingerprint density at radius 1 is 1.22 bits per heavy atom. The molecule has 150 valence electrons. The maximum atomic E-state index is 12.9. The Kier molecular flexibility index (Phi) is 5.89. The van der Waals surface area contributed by atoms with Crippen LogP contribution >= 0.6 is 0 Å². The molecule has 1 saturated heterocycles. The molecule has 1 N–H and O–H groups in total. The third-order valence-electron chi connectivity index (χ3n) is 4.47. The maximum Gasteiger partial charge on any atom is 0.407 e. The number of carbonyl (C=O) groups is 2. The molecule has 2 amide bonds. The van der Waals surface area contributed by atoms with Gasteiger partial charge in [0.2, 0.25) is 0 Å². The number of aryl methyl sites for hydroxylation is 1. The van der Waals surface area contributed by atoms with Crippen LogP contribution in [-0.2, 0) is 14.6 Å². The van der Waals surface area contributed by atoms with Crippen molar-refractivity contribution in [1.82, 2.24) is 10.2 Å². The van der Waals surface area contributed by atoms with Crippen LogP contribution in [0.4, 0.5) is 4.79 Å². The number of hydrogen-bond donors (Lipinski definition) is 1. The van der Waals surface area contributed by atoms with Crippen molar-refractivity contribution in [1.29, 1.82) is 0 Å². The summed E-state index contributed by atoms with van der Waals surface area (Å²) >= 11 is 0. The number of sulfone groups is 1. The highest BCUT2D eigenvalue weighted by molar-refractivity contribution is 7.90. The zero-order valence-electron chi connectivity index (χ0n) is 16.7. The fraction of sp³-hybridized carbons (Fsp3) is 0.579. The second-order valence-corrected chi connectivity index (χ2v) is 10.2. The lowest BCUT2D eigenvalue weighted by Crippen LogP contribution is -2.43. The molecule has 1 aliphatic rings. The van der Waals surface area contributed by atoms with Crippen LogP contribution in [0.3, 0.4) is 0 Å². The van der Waals surface area contributed by atoms with Crippen molar-refractivity contribution in [3.63, 3.8) is 0 Å². The number of nitrogens with one attached hydrogen (secondary N) is 1. The van der Waals surface area contributed by atoms with Crippen LogP contribution in [0.2, 0.25) is 0 Å². The van der Waals surface area contributed by atoms with Crippen molar-refractivity contribution in [2.24, 2.45) is 5.92 Å². The largest absolute Gasteiger partial charge is 0.444 e. The number of ether oxygens (including phenoxy) is 1. The Labute approximate surface area is 161 Å². The van der Waals surface area contributed by atoms with E-state index in [1.54, 1.807) is 38.7 Å². The molecule has 1 fully saturated rings. The van der Waals surface area contributed by atoms with Crippen molar-refractivity contribution in [3.05, 3.63) is 29.3 Å². The van der Waals surface area contributed by atoms with E-state index in [0.29, 0.717) is 24.2 Å². The maximum absolute atomic E-state index is 12.9. The minimum Gasteiger partial charge on any atom is -0.444 e. The smallest absolute Gasteiger partial charge is 0.407 e. The number of nitrogens with zero attached hydrogens (tertiary/aromatic N) is 1. The lowest BCUT2D eigenvalue weighted by atomic mass is 10.1. The van der Waals surface area contributed by atoms with Gasteiger partial charge in [0.05, 0.1) is 10.9 Å². The second kappa shape index (κ2) is 7.50. The van der Waals surface area contributed by atoms with E-state index in [0.717, 1.165) is 6.26 Å². The first kappa shape index (κ1) is 21.2. The third-order valence-corrected chi connectivity index (χ3v) is 5.58. The van der Waals surface area contributed by atoms with E-state index in [2.05, 4.69) is 5.32 Å². The van der Waals surface area contributed by atoms with Gasteiger partial charge in [-0.3, -0.25) is 4.79 Å². The molecule has 1 aromatic rings. The molecule has 0 aliphatic carbocycles. The highest BCUT2D eigenvalue weighted by atomic mass is 32.2. The van der Waals surface area contributed by atoms with Crippen LogP contribution < -0.4 is 5.32 Å². The summed E-state index contributed by atoms with van der Waals surface area (Å²) in [6.45, 7) is 9.92. The monoisotopic (exact) mass is 396 g/mol. The zero-order chi connectivity index (χ0) is 20.6. The van der Waals surface area contributed by atoms with Gasteiger partial charge in [0.15, 0.2) is 9.84 Å². The molecule has 1 aromatic carbocycles. The average Bonchev–Trinajstić information content (AvgIpc) is 2.85. The molecule has 0 unspecified atom stereocenters. The van der Waals surface area contributed by atoms with Crippen LogP contribution in [0.5, 0.6) is 0 Å². The standard InChI is InChI=1S/C19H28N2O5S/c1-12-7-8-14(27(6,24)25)9-15(12)17(22)21-10-13(2)16(11-21)20-18(23)26-19(3,4)5/h7-9,13,16H,10-11H2,1-6H3,(H,20,23)/t13-,16-/m0/s1. The molecule has 0 saturated carbocycles. The highest BCUT2D eigenvalue weighted by Crippen LogP contribution is 2.23. The number of likely N-dealkylation sites (tertiary alicyclic amines) is 1. The molecule has 0 bridgehead atoms. The van der Waals surface area contributed by atoms with E-state index in [9.17, 15) is 18.0 Å². The van der Waals surface area contributed by atoms with Gasteiger partial charge in [-0.05, 0) is 51.3 Å². The molecule has 1 heterocycles. The molecule has 7 nitrogen and oxygen atoms in total.